The molecule has 2 aromatic heterocycles. The molecule has 0 unspecified atom stereocenters. The molecule has 0 saturated heterocycles. The van der Waals surface area contributed by atoms with Gasteiger partial charge in [0.1, 0.15) is 11.6 Å². The average Bonchev–Trinajstić information content (AvgIpc) is 3.02. The van der Waals surface area contributed by atoms with Gasteiger partial charge in [-0.1, -0.05) is 27.7 Å². The minimum absolute atomic E-state index is 0.0359. The van der Waals surface area contributed by atoms with E-state index in [9.17, 15) is 18.4 Å². The number of carbonyl (C=O) groups excluding carboxylic acids is 2. The van der Waals surface area contributed by atoms with Gasteiger partial charge in [-0.15, -0.1) is 0 Å². The first-order valence-electron chi connectivity index (χ1n) is 15.4. The van der Waals surface area contributed by atoms with Crippen LogP contribution in [0.3, 0.4) is 0 Å². The third-order valence-electron chi connectivity index (χ3n) is 7.84. The van der Waals surface area contributed by atoms with E-state index in [1.807, 2.05) is 13.0 Å². The number of aryl methyl sites for hydroxylation is 1. The predicted octanol–water partition coefficient (Wildman–Crippen LogP) is 8.27. The number of carbonyl (C=O) groups is 2. The second kappa shape index (κ2) is 17.6. The first kappa shape index (κ1) is 35.6. The minimum Gasteiger partial charge on any atom is -0.304 e. The fourth-order valence-corrected chi connectivity index (χ4v) is 5.88. The summed E-state index contributed by atoms with van der Waals surface area (Å²) in [7, 11) is 0. The van der Waals surface area contributed by atoms with E-state index in [4.69, 9.17) is 0 Å². The number of fused-ring (bicyclic) bond motifs is 2. The third-order valence-corrected chi connectivity index (χ3v) is 8.46. The topological polar surface area (TPSA) is 66.4 Å². The van der Waals surface area contributed by atoms with Crippen LogP contribution in [0.1, 0.15) is 79.7 Å². The molecule has 0 aliphatic heterocycles. The van der Waals surface area contributed by atoms with Crippen molar-refractivity contribution in [3.63, 3.8) is 0 Å². The summed E-state index contributed by atoms with van der Waals surface area (Å²) in [6.45, 7) is 16.1. The molecule has 9 heteroatoms. The fourth-order valence-electron chi connectivity index (χ4n) is 5.25. The van der Waals surface area contributed by atoms with Gasteiger partial charge in [-0.2, -0.15) is 0 Å². The number of pyridine rings is 2. The second-order valence-corrected chi connectivity index (χ2v) is 12.0. The van der Waals surface area contributed by atoms with Crippen molar-refractivity contribution < 1.29 is 18.4 Å². The predicted molar refractivity (Wildman–Crippen MR) is 184 cm³/mol. The molecule has 0 bridgehead atoms. The molecule has 0 fully saturated rings. The van der Waals surface area contributed by atoms with Gasteiger partial charge in [-0.05, 0) is 124 Å². The number of hydrogen-bond donors (Lipinski definition) is 0. The number of halogens is 3. The van der Waals surface area contributed by atoms with Crippen molar-refractivity contribution in [3.05, 3.63) is 80.7 Å². The van der Waals surface area contributed by atoms with Crippen molar-refractivity contribution in [3.8, 4) is 0 Å². The molecule has 6 nitrogen and oxygen atoms in total. The SMILES string of the molecule is CCN(CC)CCCC(=O)c1cc(C)cc2c(F)ccnc12.CCN(CC)CCCC(=O)c1cc(I)cc2c(F)ccnc12. The lowest BCUT2D eigenvalue weighted by molar-refractivity contribution is 0.0968. The van der Waals surface area contributed by atoms with Crippen molar-refractivity contribution in [2.24, 2.45) is 0 Å². The first-order valence-corrected chi connectivity index (χ1v) is 16.5. The summed E-state index contributed by atoms with van der Waals surface area (Å²) in [4.78, 5) is 38.0. The van der Waals surface area contributed by atoms with Gasteiger partial charge < -0.3 is 9.80 Å². The number of Topliss-reactive ketones (excluding diaryl/α,β-unsaturated/α-hetero) is 2. The summed E-state index contributed by atoms with van der Waals surface area (Å²) in [5.41, 5.74) is 2.88. The van der Waals surface area contributed by atoms with Crippen molar-refractivity contribution >= 4 is 56.0 Å². The lowest BCUT2D eigenvalue weighted by Crippen LogP contribution is -2.24. The normalized spacial score (nSPS) is 11.3. The van der Waals surface area contributed by atoms with Gasteiger partial charge in [-0.3, -0.25) is 19.6 Å². The van der Waals surface area contributed by atoms with E-state index in [1.54, 1.807) is 18.2 Å². The number of rotatable bonds is 14. The molecule has 0 aliphatic carbocycles. The van der Waals surface area contributed by atoms with Gasteiger partial charge >= 0.3 is 0 Å². The largest absolute Gasteiger partial charge is 0.304 e. The zero-order valence-corrected chi connectivity index (χ0v) is 28.6. The van der Waals surface area contributed by atoms with Gasteiger partial charge in [0.15, 0.2) is 11.6 Å². The summed E-state index contributed by atoms with van der Waals surface area (Å²) < 4.78 is 28.6. The standard InChI is InChI=1S/C18H23FN2O.C17H20FIN2O/c1-4-21(5-2)10-6-7-17(22)15-12-13(3)11-14-16(19)8-9-20-18(14)15;1-3-21(4-2)9-5-6-16(22)14-11-12(19)10-13-15(18)7-8-20-17(13)14/h8-9,11-12H,4-7,10H2,1-3H3;7-8,10-11H,3-6,9H2,1-2H3. The molecular weight excluding hydrogens is 673 g/mol. The molecule has 44 heavy (non-hydrogen) atoms. The molecule has 2 aromatic carbocycles. The monoisotopic (exact) mass is 716 g/mol. The Morgan fingerprint density at radius 2 is 1.14 bits per heavy atom. The molecule has 236 valence electrons. The van der Waals surface area contributed by atoms with E-state index in [0.29, 0.717) is 45.8 Å². The van der Waals surface area contributed by atoms with Crippen LogP contribution in [-0.2, 0) is 0 Å². The van der Waals surface area contributed by atoms with Crippen LogP contribution >= 0.6 is 22.6 Å². The van der Waals surface area contributed by atoms with E-state index in [-0.39, 0.29) is 23.2 Å². The maximum Gasteiger partial charge on any atom is 0.165 e. The Kier molecular flexibility index (Phi) is 14.2. The van der Waals surface area contributed by atoms with Gasteiger partial charge in [-0.25, -0.2) is 8.78 Å². The van der Waals surface area contributed by atoms with Crippen LogP contribution in [0, 0.1) is 22.1 Å². The van der Waals surface area contributed by atoms with Crippen LogP contribution in [-0.4, -0.2) is 70.6 Å². The Balaban J connectivity index is 0.000000240. The maximum absolute atomic E-state index is 13.9. The quantitative estimate of drug-likeness (QED) is 0.0968. The van der Waals surface area contributed by atoms with Gasteiger partial charge in [0, 0.05) is 50.7 Å². The Labute approximate surface area is 273 Å². The van der Waals surface area contributed by atoms with E-state index in [1.165, 1.54) is 24.5 Å². The molecule has 0 N–H and O–H groups in total. The highest BCUT2D eigenvalue weighted by Crippen LogP contribution is 2.25. The molecule has 0 spiro atoms. The zero-order chi connectivity index (χ0) is 32.2. The number of hydrogen-bond acceptors (Lipinski definition) is 6. The molecule has 0 saturated carbocycles. The van der Waals surface area contributed by atoms with Crippen LogP contribution in [0.25, 0.3) is 21.8 Å². The molecule has 0 atom stereocenters. The van der Waals surface area contributed by atoms with Crippen LogP contribution in [0.5, 0.6) is 0 Å². The summed E-state index contributed by atoms with van der Waals surface area (Å²) in [5.74, 6) is -0.584. The van der Waals surface area contributed by atoms with Gasteiger partial charge in [0.25, 0.3) is 0 Å². The van der Waals surface area contributed by atoms with E-state index < -0.39 is 0 Å². The van der Waals surface area contributed by atoms with E-state index >= 15 is 0 Å². The molecule has 4 rings (SSSR count). The van der Waals surface area contributed by atoms with E-state index in [2.05, 4.69) is 70.1 Å². The average molecular weight is 717 g/mol. The Bertz CT molecular complexity index is 1450. The molecule has 0 radical (unpaired) electrons. The Morgan fingerprint density at radius 1 is 0.705 bits per heavy atom. The zero-order valence-electron chi connectivity index (χ0n) is 26.4. The van der Waals surface area contributed by atoms with Crippen molar-refractivity contribution in [1.29, 1.82) is 0 Å². The number of aromatic nitrogens is 2. The van der Waals surface area contributed by atoms with Crippen molar-refractivity contribution in [2.75, 3.05) is 39.3 Å². The highest BCUT2D eigenvalue weighted by molar-refractivity contribution is 14.1. The van der Waals surface area contributed by atoms with Gasteiger partial charge in [0.05, 0.1) is 11.0 Å². The maximum atomic E-state index is 13.9. The van der Waals surface area contributed by atoms with E-state index in [0.717, 1.165) is 61.2 Å². The van der Waals surface area contributed by atoms with Crippen LogP contribution < -0.4 is 0 Å². The fraction of sp³-hybridized carbons (Fsp3) is 0.429. The van der Waals surface area contributed by atoms with Crippen molar-refractivity contribution in [2.45, 2.75) is 60.3 Å². The molecular formula is C35H43F2IN4O2. The Morgan fingerprint density at radius 3 is 1.59 bits per heavy atom. The summed E-state index contributed by atoms with van der Waals surface area (Å²) in [6, 6.07) is 9.74. The molecule has 4 aromatic rings. The Hall–Kier alpha value is -2.89. The van der Waals surface area contributed by atoms with Gasteiger partial charge in [0.2, 0.25) is 0 Å². The summed E-state index contributed by atoms with van der Waals surface area (Å²) in [5, 5.41) is 0.844. The lowest BCUT2D eigenvalue weighted by atomic mass is 10.00. The second-order valence-electron chi connectivity index (χ2n) is 10.8. The highest BCUT2D eigenvalue weighted by Gasteiger charge is 2.16. The summed E-state index contributed by atoms with van der Waals surface area (Å²) in [6.07, 6.45) is 5.38. The number of nitrogens with zero attached hydrogens (tertiary/aromatic N) is 4. The molecule has 2 heterocycles. The van der Waals surface area contributed by atoms with Crippen LogP contribution in [0.4, 0.5) is 8.78 Å². The number of benzene rings is 2. The molecule has 0 amide bonds. The van der Waals surface area contributed by atoms with Crippen LogP contribution in [0.2, 0.25) is 0 Å². The lowest BCUT2D eigenvalue weighted by Gasteiger charge is -2.17. The molecule has 0 aliphatic rings. The van der Waals surface area contributed by atoms with Crippen LogP contribution in [0.15, 0.2) is 48.8 Å². The minimum atomic E-state index is -0.333. The first-order chi connectivity index (χ1) is 21.1. The smallest absolute Gasteiger partial charge is 0.165 e. The number of ketones is 2. The van der Waals surface area contributed by atoms with Crippen molar-refractivity contribution in [1.82, 2.24) is 19.8 Å². The highest BCUT2D eigenvalue weighted by atomic mass is 127. The summed E-state index contributed by atoms with van der Waals surface area (Å²) >= 11 is 2.11. The third kappa shape index (κ3) is 9.55.